The van der Waals surface area contributed by atoms with E-state index in [1.807, 2.05) is 0 Å². The minimum atomic E-state index is -0.394. The molecule has 3 heteroatoms. The lowest BCUT2D eigenvalue weighted by Gasteiger charge is -2.23. The van der Waals surface area contributed by atoms with Crippen LogP contribution in [0.1, 0.15) is 52.4 Å². The fourth-order valence-electron chi connectivity index (χ4n) is 2.40. The molecule has 1 aliphatic rings. The molecule has 1 rings (SSSR count). The van der Waals surface area contributed by atoms with Crippen molar-refractivity contribution in [1.29, 1.82) is 0 Å². The molecule has 0 amide bonds. The Morgan fingerprint density at radius 3 is 2.47 bits per heavy atom. The predicted molar refractivity (Wildman–Crippen MR) is 73.3 cm³/mol. The number of nitrogens with zero attached hydrogens (tertiary/aromatic N) is 1. The summed E-state index contributed by atoms with van der Waals surface area (Å²) in [5, 5.41) is 13.5. The zero-order valence-electron chi connectivity index (χ0n) is 11.8. The summed E-state index contributed by atoms with van der Waals surface area (Å²) < 4.78 is 0. The molecule has 102 valence electrons. The van der Waals surface area contributed by atoms with Crippen LogP contribution in [0, 0.1) is 0 Å². The molecule has 1 aliphatic carbocycles. The number of rotatable bonds is 8. The molecule has 0 radical (unpaired) electrons. The van der Waals surface area contributed by atoms with Gasteiger partial charge in [-0.15, -0.1) is 0 Å². The van der Waals surface area contributed by atoms with Crippen LogP contribution in [0.3, 0.4) is 0 Å². The Kier molecular flexibility index (Phi) is 6.45. The molecule has 1 fully saturated rings. The Hall–Kier alpha value is -0.120. The van der Waals surface area contributed by atoms with Crippen molar-refractivity contribution < 1.29 is 5.11 Å². The Morgan fingerprint density at radius 1 is 1.24 bits per heavy atom. The molecule has 0 aromatic heterocycles. The van der Waals surface area contributed by atoms with Crippen molar-refractivity contribution in [2.75, 3.05) is 26.7 Å². The molecular formula is C14H30N2O. The second kappa shape index (κ2) is 7.34. The summed E-state index contributed by atoms with van der Waals surface area (Å²) in [4.78, 5) is 2.38. The van der Waals surface area contributed by atoms with Crippen molar-refractivity contribution in [2.24, 2.45) is 0 Å². The number of hydrogen-bond donors (Lipinski definition) is 2. The predicted octanol–water partition coefficient (Wildman–Crippen LogP) is 2.00. The smallest absolute Gasteiger partial charge is 0.0771 e. The van der Waals surface area contributed by atoms with Crippen LogP contribution in [0.5, 0.6) is 0 Å². The standard InChI is InChI=1S/C14H30N2O/c1-13(2)16(3)11-7-6-10-15-12-14(17)8-4-5-9-14/h13,15,17H,4-12H2,1-3H3. The third kappa shape index (κ3) is 5.84. The molecule has 0 atom stereocenters. The molecule has 0 aromatic carbocycles. The first-order chi connectivity index (χ1) is 8.03. The van der Waals surface area contributed by atoms with E-state index in [4.69, 9.17) is 0 Å². The van der Waals surface area contributed by atoms with E-state index >= 15 is 0 Å². The SMILES string of the molecule is CC(C)N(C)CCCCNCC1(O)CCCC1. The molecule has 0 heterocycles. The van der Waals surface area contributed by atoms with E-state index in [0.717, 1.165) is 25.9 Å². The largest absolute Gasteiger partial charge is 0.389 e. The minimum absolute atomic E-state index is 0.394. The Labute approximate surface area is 107 Å². The highest BCUT2D eigenvalue weighted by molar-refractivity contribution is 4.86. The van der Waals surface area contributed by atoms with E-state index in [1.165, 1.54) is 32.2 Å². The minimum Gasteiger partial charge on any atom is -0.389 e. The molecule has 0 aliphatic heterocycles. The fourth-order valence-corrected chi connectivity index (χ4v) is 2.40. The first-order valence-electron chi connectivity index (χ1n) is 7.17. The van der Waals surface area contributed by atoms with Gasteiger partial charge in [0.2, 0.25) is 0 Å². The molecule has 0 bridgehead atoms. The van der Waals surface area contributed by atoms with Gasteiger partial charge in [0.25, 0.3) is 0 Å². The second-order valence-corrected chi connectivity index (χ2v) is 5.89. The first-order valence-corrected chi connectivity index (χ1v) is 7.17. The van der Waals surface area contributed by atoms with Crippen LogP contribution in [0.4, 0.5) is 0 Å². The first kappa shape index (κ1) is 14.9. The third-order valence-electron chi connectivity index (χ3n) is 3.98. The molecule has 0 spiro atoms. The van der Waals surface area contributed by atoms with Gasteiger partial charge in [-0.1, -0.05) is 12.8 Å². The van der Waals surface area contributed by atoms with Crippen molar-refractivity contribution in [3.05, 3.63) is 0 Å². The van der Waals surface area contributed by atoms with Crippen LogP contribution in [0.15, 0.2) is 0 Å². The highest BCUT2D eigenvalue weighted by atomic mass is 16.3. The molecule has 0 aromatic rings. The van der Waals surface area contributed by atoms with E-state index in [0.29, 0.717) is 6.04 Å². The van der Waals surface area contributed by atoms with Gasteiger partial charge < -0.3 is 15.3 Å². The summed E-state index contributed by atoms with van der Waals surface area (Å²) in [6.07, 6.45) is 6.79. The molecule has 0 saturated heterocycles. The van der Waals surface area contributed by atoms with Crippen molar-refractivity contribution in [2.45, 2.75) is 64.0 Å². The van der Waals surface area contributed by atoms with Gasteiger partial charge in [-0.3, -0.25) is 0 Å². The van der Waals surface area contributed by atoms with Gasteiger partial charge in [-0.25, -0.2) is 0 Å². The van der Waals surface area contributed by atoms with Crippen LogP contribution in [-0.2, 0) is 0 Å². The van der Waals surface area contributed by atoms with Crippen LogP contribution in [-0.4, -0.2) is 48.3 Å². The van der Waals surface area contributed by atoms with Crippen molar-refractivity contribution in [1.82, 2.24) is 10.2 Å². The van der Waals surface area contributed by atoms with Crippen LogP contribution >= 0.6 is 0 Å². The number of hydrogen-bond acceptors (Lipinski definition) is 3. The summed E-state index contributed by atoms with van der Waals surface area (Å²) in [5.41, 5.74) is -0.394. The molecule has 2 N–H and O–H groups in total. The normalized spacial score (nSPS) is 19.4. The summed E-state index contributed by atoms with van der Waals surface area (Å²) in [6, 6.07) is 0.641. The van der Waals surface area contributed by atoms with Gasteiger partial charge in [-0.2, -0.15) is 0 Å². The third-order valence-corrected chi connectivity index (χ3v) is 3.98. The van der Waals surface area contributed by atoms with Crippen molar-refractivity contribution >= 4 is 0 Å². The maximum atomic E-state index is 10.1. The van der Waals surface area contributed by atoms with Crippen LogP contribution in [0.2, 0.25) is 0 Å². The van der Waals surface area contributed by atoms with Gasteiger partial charge in [0.05, 0.1) is 5.60 Å². The van der Waals surface area contributed by atoms with Crippen molar-refractivity contribution in [3.8, 4) is 0 Å². The topological polar surface area (TPSA) is 35.5 Å². The van der Waals surface area contributed by atoms with Gasteiger partial charge >= 0.3 is 0 Å². The lowest BCUT2D eigenvalue weighted by Crippen LogP contribution is -2.38. The highest BCUT2D eigenvalue weighted by Gasteiger charge is 2.30. The zero-order valence-corrected chi connectivity index (χ0v) is 11.8. The average Bonchev–Trinajstić information content (AvgIpc) is 2.70. The lowest BCUT2D eigenvalue weighted by atomic mass is 10.0. The molecule has 3 nitrogen and oxygen atoms in total. The van der Waals surface area contributed by atoms with Gasteiger partial charge in [0.15, 0.2) is 0 Å². The summed E-state index contributed by atoms with van der Waals surface area (Å²) >= 11 is 0. The quantitative estimate of drug-likeness (QED) is 0.639. The summed E-state index contributed by atoms with van der Waals surface area (Å²) in [5.74, 6) is 0. The molecule has 0 unspecified atom stereocenters. The van der Waals surface area contributed by atoms with Gasteiger partial charge in [0.1, 0.15) is 0 Å². The van der Waals surface area contributed by atoms with Crippen LogP contribution < -0.4 is 5.32 Å². The number of nitrogens with one attached hydrogen (secondary N) is 1. The molecular weight excluding hydrogens is 212 g/mol. The maximum Gasteiger partial charge on any atom is 0.0771 e. The monoisotopic (exact) mass is 242 g/mol. The summed E-state index contributed by atoms with van der Waals surface area (Å²) in [6.45, 7) is 7.45. The van der Waals surface area contributed by atoms with E-state index in [-0.39, 0.29) is 0 Å². The average molecular weight is 242 g/mol. The zero-order chi connectivity index (χ0) is 12.7. The van der Waals surface area contributed by atoms with E-state index < -0.39 is 5.60 Å². The Balaban J connectivity index is 1.94. The Morgan fingerprint density at radius 2 is 1.88 bits per heavy atom. The van der Waals surface area contributed by atoms with E-state index in [2.05, 4.69) is 31.1 Å². The maximum absolute atomic E-state index is 10.1. The van der Waals surface area contributed by atoms with Gasteiger partial charge in [0, 0.05) is 12.6 Å². The number of aliphatic hydroxyl groups is 1. The lowest BCUT2D eigenvalue weighted by molar-refractivity contribution is 0.0478. The molecule has 1 saturated carbocycles. The summed E-state index contributed by atoms with van der Waals surface area (Å²) in [7, 11) is 2.18. The van der Waals surface area contributed by atoms with Crippen LogP contribution in [0.25, 0.3) is 0 Å². The van der Waals surface area contributed by atoms with Gasteiger partial charge in [-0.05, 0) is 59.7 Å². The van der Waals surface area contributed by atoms with E-state index in [1.54, 1.807) is 0 Å². The second-order valence-electron chi connectivity index (χ2n) is 5.89. The fraction of sp³-hybridized carbons (Fsp3) is 1.00. The Bertz CT molecular complexity index is 200. The van der Waals surface area contributed by atoms with Crippen molar-refractivity contribution in [3.63, 3.8) is 0 Å². The van der Waals surface area contributed by atoms with E-state index in [9.17, 15) is 5.11 Å². The number of unbranched alkanes of at least 4 members (excludes halogenated alkanes) is 1. The molecule has 17 heavy (non-hydrogen) atoms. The highest BCUT2D eigenvalue weighted by Crippen LogP contribution is 2.28.